The largest absolute Gasteiger partial charge is 0.465 e. The zero-order chi connectivity index (χ0) is 18.1. The van der Waals surface area contributed by atoms with Gasteiger partial charge in [-0.1, -0.05) is 6.42 Å². The van der Waals surface area contributed by atoms with Crippen LogP contribution in [0.3, 0.4) is 0 Å². The predicted molar refractivity (Wildman–Crippen MR) is 85.3 cm³/mol. The van der Waals surface area contributed by atoms with E-state index in [1.165, 1.54) is 18.4 Å². The molecule has 1 aliphatic rings. The van der Waals surface area contributed by atoms with Gasteiger partial charge in [-0.15, -0.1) is 11.3 Å². The van der Waals surface area contributed by atoms with Crippen LogP contribution in [0.15, 0.2) is 0 Å². The van der Waals surface area contributed by atoms with Crippen LogP contribution in [0.2, 0.25) is 0 Å². The predicted octanol–water partition coefficient (Wildman–Crippen LogP) is 4.46. The molecule has 0 saturated heterocycles. The van der Waals surface area contributed by atoms with Crippen molar-refractivity contribution >= 4 is 28.2 Å². The first-order chi connectivity index (χ1) is 11.1. The van der Waals surface area contributed by atoms with E-state index in [1.54, 1.807) is 6.92 Å². The van der Waals surface area contributed by atoms with E-state index < -0.39 is 29.9 Å². The standard InChI is InChI=1S/C16H20F3NO3S/c1-8-9(2)24-14(12(8)15(22)23-3)20-13(21)10-5-4-6-11(7-10)16(17,18)19/h10-11H,4-7H2,1-3H3,(H,20,21)/t10-,11+/m1/s1. The van der Waals surface area contributed by atoms with E-state index in [4.69, 9.17) is 4.74 Å². The fraction of sp³-hybridized carbons (Fsp3) is 0.625. The fourth-order valence-corrected chi connectivity index (χ4v) is 4.05. The van der Waals surface area contributed by atoms with E-state index in [0.29, 0.717) is 23.4 Å². The Kier molecular flexibility index (Phi) is 5.57. The molecule has 0 bridgehead atoms. The SMILES string of the molecule is COC(=O)c1c(NC(=O)[C@@H]2CCC[C@H](C(F)(F)F)C2)sc(C)c1C. The summed E-state index contributed by atoms with van der Waals surface area (Å²) in [7, 11) is 1.25. The first-order valence-corrected chi connectivity index (χ1v) is 8.52. The van der Waals surface area contributed by atoms with Crippen LogP contribution in [0, 0.1) is 25.7 Å². The second-order valence-electron chi connectivity index (χ2n) is 6.07. The maximum atomic E-state index is 12.9. The Bertz CT molecular complexity index is 639. The summed E-state index contributed by atoms with van der Waals surface area (Å²) in [6.07, 6.45) is -3.61. The van der Waals surface area contributed by atoms with E-state index in [0.717, 1.165) is 4.88 Å². The maximum absolute atomic E-state index is 12.9. The van der Waals surface area contributed by atoms with Crippen molar-refractivity contribution in [3.8, 4) is 0 Å². The molecule has 134 valence electrons. The Hall–Kier alpha value is -1.57. The molecule has 1 aliphatic carbocycles. The lowest BCUT2D eigenvalue weighted by Crippen LogP contribution is -2.34. The first kappa shape index (κ1) is 18.8. The van der Waals surface area contributed by atoms with Gasteiger partial charge in [-0.2, -0.15) is 13.2 Å². The topological polar surface area (TPSA) is 55.4 Å². The van der Waals surface area contributed by atoms with Crippen LogP contribution < -0.4 is 5.32 Å². The molecule has 1 fully saturated rings. The second kappa shape index (κ2) is 7.13. The number of carbonyl (C=O) groups is 2. The van der Waals surface area contributed by atoms with Crippen LogP contribution in [0.5, 0.6) is 0 Å². The normalized spacial score (nSPS) is 21.4. The number of methoxy groups -OCH3 is 1. The van der Waals surface area contributed by atoms with E-state index in [1.807, 2.05) is 6.92 Å². The number of alkyl halides is 3. The average Bonchev–Trinajstić information content (AvgIpc) is 2.80. The highest BCUT2D eigenvalue weighted by atomic mass is 32.1. The third kappa shape index (κ3) is 3.91. The quantitative estimate of drug-likeness (QED) is 0.807. The highest BCUT2D eigenvalue weighted by molar-refractivity contribution is 7.16. The molecule has 0 radical (unpaired) electrons. The van der Waals surface area contributed by atoms with Gasteiger partial charge in [-0.05, 0) is 38.7 Å². The number of halogens is 3. The van der Waals surface area contributed by atoms with Crippen molar-refractivity contribution in [2.75, 3.05) is 12.4 Å². The van der Waals surface area contributed by atoms with Gasteiger partial charge in [-0.3, -0.25) is 4.79 Å². The Labute approximate surface area is 142 Å². The minimum atomic E-state index is -4.27. The van der Waals surface area contributed by atoms with Crippen LogP contribution in [0.25, 0.3) is 0 Å². The first-order valence-electron chi connectivity index (χ1n) is 7.71. The van der Waals surface area contributed by atoms with E-state index >= 15 is 0 Å². The number of aryl methyl sites for hydroxylation is 1. The molecule has 8 heteroatoms. The van der Waals surface area contributed by atoms with Crippen molar-refractivity contribution in [2.45, 2.75) is 45.7 Å². The smallest absolute Gasteiger partial charge is 0.391 e. The van der Waals surface area contributed by atoms with Crippen LogP contribution in [0.1, 0.15) is 46.5 Å². The molecule has 1 amide bonds. The molecule has 1 saturated carbocycles. The van der Waals surface area contributed by atoms with Gasteiger partial charge in [0.15, 0.2) is 0 Å². The van der Waals surface area contributed by atoms with Crippen LogP contribution in [-0.4, -0.2) is 25.2 Å². The highest BCUT2D eigenvalue weighted by Crippen LogP contribution is 2.41. The lowest BCUT2D eigenvalue weighted by Gasteiger charge is -2.29. The third-order valence-corrected chi connectivity index (χ3v) is 5.64. The Balaban J connectivity index is 2.15. The van der Waals surface area contributed by atoms with Gasteiger partial charge in [0.25, 0.3) is 0 Å². The number of carbonyl (C=O) groups excluding carboxylic acids is 2. The summed E-state index contributed by atoms with van der Waals surface area (Å²) in [5.74, 6) is -3.16. The summed E-state index contributed by atoms with van der Waals surface area (Å²) in [5.41, 5.74) is 0.982. The van der Waals surface area contributed by atoms with E-state index in [-0.39, 0.29) is 18.4 Å². The number of anilines is 1. The Morgan fingerprint density at radius 3 is 2.50 bits per heavy atom. The lowest BCUT2D eigenvalue weighted by molar-refractivity contribution is -0.185. The number of hydrogen-bond acceptors (Lipinski definition) is 4. The summed E-state index contributed by atoms with van der Waals surface area (Å²) in [6.45, 7) is 3.55. The maximum Gasteiger partial charge on any atom is 0.391 e. The number of ether oxygens (including phenoxy) is 1. The fourth-order valence-electron chi connectivity index (χ4n) is 3.00. The second-order valence-corrected chi connectivity index (χ2v) is 7.30. The van der Waals surface area contributed by atoms with Gasteiger partial charge >= 0.3 is 12.1 Å². The molecule has 4 nitrogen and oxygen atoms in total. The zero-order valence-electron chi connectivity index (χ0n) is 13.8. The number of rotatable bonds is 3. The number of hydrogen-bond donors (Lipinski definition) is 1. The molecule has 1 aromatic rings. The van der Waals surface area contributed by atoms with E-state index in [2.05, 4.69) is 5.32 Å². The summed E-state index contributed by atoms with van der Waals surface area (Å²) < 4.78 is 43.4. The Morgan fingerprint density at radius 2 is 1.92 bits per heavy atom. The molecule has 0 aliphatic heterocycles. The Morgan fingerprint density at radius 1 is 1.25 bits per heavy atom. The van der Waals surface area contributed by atoms with Gasteiger partial charge in [-0.25, -0.2) is 4.79 Å². The number of thiophene rings is 1. The van der Waals surface area contributed by atoms with Crippen molar-refractivity contribution in [3.05, 3.63) is 16.0 Å². The molecule has 0 spiro atoms. The highest BCUT2D eigenvalue weighted by Gasteiger charge is 2.43. The monoisotopic (exact) mass is 363 g/mol. The third-order valence-electron chi connectivity index (χ3n) is 4.52. The molecule has 24 heavy (non-hydrogen) atoms. The molecule has 1 heterocycles. The van der Waals surface area contributed by atoms with Gasteiger partial charge in [0.05, 0.1) is 18.6 Å². The number of amides is 1. The van der Waals surface area contributed by atoms with Gasteiger partial charge < -0.3 is 10.1 Å². The molecule has 2 rings (SSSR count). The molecular weight excluding hydrogens is 343 g/mol. The van der Waals surface area contributed by atoms with Crippen molar-refractivity contribution < 1.29 is 27.5 Å². The zero-order valence-corrected chi connectivity index (χ0v) is 14.6. The minimum Gasteiger partial charge on any atom is -0.465 e. The summed E-state index contributed by atoms with van der Waals surface area (Å²) >= 11 is 1.23. The summed E-state index contributed by atoms with van der Waals surface area (Å²) in [5, 5.41) is 2.98. The van der Waals surface area contributed by atoms with Gasteiger partial charge in [0.1, 0.15) is 5.00 Å². The molecule has 2 atom stereocenters. The van der Waals surface area contributed by atoms with Crippen molar-refractivity contribution in [1.82, 2.24) is 0 Å². The van der Waals surface area contributed by atoms with Crippen molar-refractivity contribution in [2.24, 2.45) is 11.8 Å². The van der Waals surface area contributed by atoms with Gasteiger partial charge in [0, 0.05) is 10.8 Å². The average molecular weight is 363 g/mol. The van der Waals surface area contributed by atoms with E-state index in [9.17, 15) is 22.8 Å². The molecular formula is C16H20F3NO3S. The lowest BCUT2D eigenvalue weighted by atomic mass is 9.80. The van der Waals surface area contributed by atoms with Crippen LogP contribution in [0.4, 0.5) is 18.2 Å². The van der Waals surface area contributed by atoms with Crippen molar-refractivity contribution in [3.63, 3.8) is 0 Å². The summed E-state index contributed by atoms with van der Waals surface area (Å²) in [6, 6.07) is 0. The molecule has 1 aromatic heterocycles. The van der Waals surface area contributed by atoms with Crippen LogP contribution in [-0.2, 0) is 9.53 Å². The minimum absolute atomic E-state index is 0.0674. The number of esters is 1. The van der Waals surface area contributed by atoms with Crippen LogP contribution >= 0.6 is 11.3 Å². The molecule has 1 N–H and O–H groups in total. The summed E-state index contributed by atoms with van der Waals surface area (Å²) in [4.78, 5) is 25.1. The molecule has 0 unspecified atom stereocenters. The van der Waals surface area contributed by atoms with Crippen molar-refractivity contribution in [1.29, 1.82) is 0 Å². The van der Waals surface area contributed by atoms with Gasteiger partial charge in [0.2, 0.25) is 5.91 Å². The molecule has 0 aromatic carbocycles. The number of nitrogens with one attached hydrogen (secondary N) is 1.